The van der Waals surface area contributed by atoms with Gasteiger partial charge in [0.25, 0.3) is 5.56 Å². The van der Waals surface area contributed by atoms with Crippen LogP contribution in [-0.2, 0) is 11.3 Å². The summed E-state index contributed by atoms with van der Waals surface area (Å²) in [7, 11) is 1.62. The lowest BCUT2D eigenvalue weighted by atomic mass is 10.2. The van der Waals surface area contributed by atoms with Crippen molar-refractivity contribution in [1.82, 2.24) is 15.3 Å². The minimum Gasteiger partial charge on any atom is -0.383 e. The van der Waals surface area contributed by atoms with Crippen molar-refractivity contribution in [3.05, 3.63) is 52.2 Å². The van der Waals surface area contributed by atoms with Crippen molar-refractivity contribution in [3.8, 4) is 11.4 Å². The number of nitrogens with one attached hydrogen (secondary N) is 2. The molecule has 0 radical (unpaired) electrons. The molecule has 5 nitrogen and oxygen atoms in total. The number of aromatic amines is 1. The van der Waals surface area contributed by atoms with Crippen molar-refractivity contribution >= 4 is 0 Å². The number of aromatic nitrogens is 2. The molecule has 0 bridgehead atoms. The Bertz CT molecular complexity index is 611. The highest BCUT2D eigenvalue weighted by molar-refractivity contribution is 5.54. The molecular formula is C14H16FN3O2. The summed E-state index contributed by atoms with van der Waals surface area (Å²) < 4.78 is 17.8. The van der Waals surface area contributed by atoms with E-state index in [1.165, 1.54) is 18.2 Å². The molecule has 0 unspecified atom stereocenters. The molecule has 20 heavy (non-hydrogen) atoms. The van der Waals surface area contributed by atoms with E-state index >= 15 is 0 Å². The minimum atomic E-state index is -0.325. The van der Waals surface area contributed by atoms with Crippen molar-refractivity contribution in [3.63, 3.8) is 0 Å². The quantitative estimate of drug-likeness (QED) is 0.781. The normalized spacial score (nSPS) is 10.7. The molecule has 2 rings (SSSR count). The summed E-state index contributed by atoms with van der Waals surface area (Å²) in [6.45, 7) is 1.74. The van der Waals surface area contributed by atoms with E-state index in [4.69, 9.17) is 4.74 Å². The van der Waals surface area contributed by atoms with Crippen molar-refractivity contribution < 1.29 is 9.13 Å². The fraction of sp³-hybridized carbons (Fsp3) is 0.286. The first kappa shape index (κ1) is 14.4. The zero-order chi connectivity index (χ0) is 14.4. The molecule has 1 aromatic heterocycles. The van der Waals surface area contributed by atoms with Gasteiger partial charge in [0.2, 0.25) is 0 Å². The summed E-state index contributed by atoms with van der Waals surface area (Å²) in [6, 6.07) is 7.26. The standard InChI is InChI=1S/C14H16FN3O2/c1-20-7-6-16-9-12-8-13(19)18-14(17-12)10-2-4-11(15)5-3-10/h2-5,8,16H,6-7,9H2,1H3,(H,17,18,19). The fourth-order valence-electron chi connectivity index (χ4n) is 1.73. The lowest BCUT2D eigenvalue weighted by Crippen LogP contribution is -2.21. The van der Waals surface area contributed by atoms with Crippen LogP contribution in [0.2, 0.25) is 0 Å². The van der Waals surface area contributed by atoms with Crippen LogP contribution in [0.4, 0.5) is 4.39 Å². The van der Waals surface area contributed by atoms with Crippen LogP contribution in [0.5, 0.6) is 0 Å². The molecule has 0 aliphatic rings. The second-order valence-corrected chi connectivity index (χ2v) is 4.26. The third kappa shape index (κ3) is 3.97. The molecule has 0 amide bonds. The first-order valence-corrected chi connectivity index (χ1v) is 6.25. The molecule has 106 valence electrons. The maximum Gasteiger partial charge on any atom is 0.251 e. The van der Waals surface area contributed by atoms with Crippen molar-refractivity contribution in [1.29, 1.82) is 0 Å². The molecule has 0 aliphatic heterocycles. The number of methoxy groups -OCH3 is 1. The summed E-state index contributed by atoms with van der Waals surface area (Å²) in [5.74, 6) is 0.106. The Morgan fingerprint density at radius 2 is 2.10 bits per heavy atom. The molecule has 0 saturated carbocycles. The Labute approximate surface area is 115 Å². The zero-order valence-electron chi connectivity index (χ0n) is 11.1. The molecule has 1 heterocycles. The fourth-order valence-corrected chi connectivity index (χ4v) is 1.73. The summed E-state index contributed by atoms with van der Waals surface area (Å²) >= 11 is 0. The number of halogens is 1. The van der Waals surface area contributed by atoms with Gasteiger partial charge in [-0.25, -0.2) is 9.37 Å². The molecule has 2 N–H and O–H groups in total. The zero-order valence-corrected chi connectivity index (χ0v) is 11.1. The SMILES string of the molecule is COCCNCc1cc(=O)[nH]c(-c2ccc(F)cc2)n1. The van der Waals surface area contributed by atoms with Crippen molar-refractivity contribution in [2.24, 2.45) is 0 Å². The molecule has 0 atom stereocenters. The van der Waals surface area contributed by atoms with Crippen LogP contribution in [0.15, 0.2) is 35.1 Å². The van der Waals surface area contributed by atoms with Gasteiger partial charge in [-0.15, -0.1) is 0 Å². The number of hydrogen-bond acceptors (Lipinski definition) is 4. The summed E-state index contributed by atoms with van der Waals surface area (Å²) in [5.41, 5.74) is 1.06. The van der Waals surface area contributed by atoms with E-state index in [1.807, 2.05) is 0 Å². The van der Waals surface area contributed by atoms with Crippen LogP contribution in [0.1, 0.15) is 5.69 Å². The lowest BCUT2D eigenvalue weighted by molar-refractivity contribution is 0.199. The highest BCUT2D eigenvalue weighted by Crippen LogP contribution is 2.13. The second-order valence-electron chi connectivity index (χ2n) is 4.26. The summed E-state index contributed by atoms with van der Waals surface area (Å²) in [4.78, 5) is 18.6. The Hall–Kier alpha value is -2.05. The van der Waals surface area contributed by atoms with Crippen LogP contribution in [-0.4, -0.2) is 30.2 Å². The molecule has 6 heteroatoms. The van der Waals surface area contributed by atoms with Gasteiger partial charge in [-0.1, -0.05) is 0 Å². The van der Waals surface area contributed by atoms with E-state index in [9.17, 15) is 9.18 Å². The van der Waals surface area contributed by atoms with Crippen LogP contribution >= 0.6 is 0 Å². The van der Waals surface area contributed by atoms with Crippen molar-refractivity contribution in [2.45, 2.75) is 6.54 Å². The molecule has 0 fully saturated rings. The van der Waals surface area contributed by atoms with Gasteiger partial charge in [0.1, 0.15) is 11.6 Å². The number of benzene rings is 1. The maximum absolute atomic E-state index is 12.9. The summed E-state index contributed by atoms with van der Waals surface area (Å²) in [6.07, 6.45) is 0. The smallest absolute Gasteiger partial charge is 0.251 e. The highest BCUT2D eigenvalue weighted by atomic mass is 19.1. The largest absolute Gasteiger partial charge is 0.383 e. The third-order valence-electron chi connectivity index (χ3n) is 2.70. The van der Waals surface area contributed by atoms with Gasteiger partial charge in [0.05, 0.1) is 12.3 Å². The van der Waals surface area contributed by atoms with Gasteiger partial charge in [0, 0.05) is 31.8 Å². The van der Waals surface area contributed by atoms with E-state index in [0.29, 0.717) is 36.8 Å². The Morgan fingerprint density at radius 1 is 1.35 bits per heavy atom. The number of rotatable bonds is 6. The monoisotopic (exact) mass is 277 g/mol. The average molecular weight is 277 g/mol. The van der Waals surface area contributed by atoms with Gasteiger partial charge in [-0.2, -0.15) is 0 Å². The van der Waals surface area contributed by atoms with Crippen LogP contribution in [0, 0.1) is 5.82 Å². The first-order chi connectivity index (χ1) is 9.69. The topological polar surface area (TPSA) is 67.0 Å². The minimum absolute atomic E-state index is 0.233. The van der Waals surface area contributed by atoms with Crippen molar-refractivity contribution in [2.75, 3.05) is 20.3 Å². The van der Waals surface area contributed by atoms with Crippen LogP contribution in [0.3, 0.4) is 0 Å². The van der Waals surface area contributed by atoms with Crippen LogP contribution < -0.4 is 10.9 Å². The maximum atomic E-state index is 12.9. The van der Waals surface area contributed by atoms with E-state index in [2.05, 4.69) is 15.3 Å². The van der Waals surface area contributed by atoms with E-state index in [0.717, 1.165) is 0 Å². The van der Waals surface area contributed by atoms with Gasteiger partial charge < -0.3 is 15.0 Å². The average Bonchev–Trinajstić information content (AvgIpc) is 2.44. The van der Waals surface area contributed by atoms with E-state index in [-0.39, 0.29) is 11.4 Å². The molecule has 1 aromatic carbocycles. The third-order valence-corrected chi connectivity index (χ3v) is 2.70. The van der Waals surface area contributed by atoms with Crippen LogP contribution in [0.25, 0.3) is 11.4 Å². The van der Waals surface area contributed by atoms with Gasteiger partial charge >= 0.3 is 0 Å². The molecule has 0 saturated heterocycles. The van der Waals surface area contributed by atoms with Gasteiger partial charge in [-0.05, 0) is 24.3 Å². The lowest BCUT2D eigenvalue weighted by Gasteiger charge is -2.06. The van der Waals surface area contributed by atoms with E-state index in [1.54, 1.807) is 19.2 Å². The number of hydrogen-bond donors (Lipinski definition) is 2. The second kappa shape index (κ2) is 6.93. The molecule has 0 aliphatic carbocycles. The predicted octanol–water partition coefficient (Wildman–Crippen LogP) is 1.31. The number of H-pyrrole nitrogens is 1. The number of ether oxygens (including phenoxy) is 1. The molecular weight excluding hydrogens is 261 g/mol. The summed E-state index contributed by atoms with van der Waals surface area (Å²) in [5, 5.41) is 3.12. The Kier molecular flexibility index (Phi) is 4.97. The highest BCUT2D eigenvalue weighted by Gasteiger charge is 2.04. The molecule has 2 aromatic rings. The van der Waals surface area contributed by atoms with Gasteiger partial charge in [0.15, 0.2) is 0 Å². The Morgan fingerprint density at radius 3 is 2.80 bits per heavy atom. The predicted molar refractivity (Wildman–Crippen MR) is 73.8 cm³/mol. The molecule has 0 spiro atoms. The number of nitrogens with zero attached hydrogens (tertiary/aromatic N) is 1. The van der Waals surface area contributed by atoms with Gasteiger partial charge in [-0.3, -0.25) is 4.79 Å². The van der Waals surface area contributed by atoms with E-state index < -0.39 is 0 Å². The first-order valence-electron chi connectivity index (χ1n) is 6.25. The Balaban J connectivity index is 2.16.